The summed E-state index contributed by atoms with van der Waals surface area (Å²) in [5.74, 6) is -0.183. The number of carbonyl (C=O) groups is 1. The topological polar surface area (TPSA) is 59.0 Å². The Kier molecular flexibility index (Phi) is 4.15. The van der Waals surface area contributed by atoms with Gasteiger partial charge in [0, 0.05) is 25.7 Å². The van der Waals surface area contributed by atoms with Crippen molar-refractivity contribution < 1.29 is 19.4 Å². The van der Waals surface area contributed by atoms with Crippen LogP contribution >= 0.6 is 0 Å². The highest BCUT2D eigenvalue weighted by Crippen LogP contribution is 2.18. The first-order valence-corrected chi connectivity index (χ1v) is 5.87. The van der Waals surface area contributed by atoms with Crippen LogP contribution in [0.2, 0.25) is 0 Å². The van der Waals surface area contributed by atoms with E-state index in [9.17, 15) is 4.79 Å². The summed E-state index contributed by atoms with van der Waals surface area (Å²) in [5.41, 5.74) is 0. The first kappa shape index (κ1) is 11.8. The average molecular weight is 229 g/mol. The lowest BCUT2D eigenvalue weighted by Crippen LogP contribution is -2.48. The summed E-state index contributed by atoms with van der Waals surface area (Å²) in [6.07, 6.45) is 1.27. The SMILES string of the molecule is O=C(O)CC1COCCN1CC1CCOC1. The minimum absolute atomic E-state index is 0.0341. The van der Waals surface area contributed by atoms with Gasteiger partial charge >= 0.3 is 5.97 Å². The van der Waals surface area contributed by atoms with Crippen LogP contribution in [0.1, 0.15) is 12.8 Å². The molecule has 0 spiro atoms. The van der Waals surface area contributed by atoms with E-state index in [0.29, 0.717) is 19.1 Å². The molecule has 2 rings (SSSR count). The molecule has 5 nitrogen and oxygen atoms in total. The molecule has 0 aromatic carbocycles. The van der Waals surface area contributed by atoms with Crippen LogP contribution in [0, 0.1) is 5.92 Å². The lowest BCUT2D eigenvalue weighted by atomic mass is 10.1. The Balaban J connectivity index is 1.85. The number of ether oxygens (including phenoxy) is 2. The van der Waals surface area contributed by atoms with Crippen LogP contribution in [0.4, 0.5) is 0 Å². The Hall–Kier alpha value is -0.650. The van der Waals surface area contributed by atoms with Crippen molar-refractivity contribution in [1.29, 1.82) is 0 Å². The molecule has 2 aliphatic rings. The third-order valence-electron chi connectivity index (χ3n) is 3.28. The minimum atomic E-state index is -0.747. The molecule has 2 unspecified atom stereocenters. The largest absolute Gasteiger partial charge is 0.481 e. The summed E-state index contributed by atoms with van der Waals surface area (Å²) in [7, 11) is 0. The van der Waals surface area contributed by atoms with E-state index < -0.39 is 5.97 Å². The molecule has 2 saturated heterocycles. The van der Waals surface area contributed by atoms with Crippen molar-refractivity contribution in [3.8, 4) is 0 Å². The summed E-state index contributed by atoms with van der Waals surface area (Å²) < 4.78 is 10.7. The van der Waals surface area contributed by atoms with Gasteiger partial charge in [-0.25, -0.2) is 0 Å². The van der Waals surface area contributed by atoms with Crippen molar-refractivity contribution in [3.63, 3.8) is 0 Å². The second-order valence-electron chi connectivity index (χ2n) is 4.55. The zero-order valence-corrected chi connectivity index (χ0v) is 9.43. The van der Waals surface area contributed by atoms with Gasteiger partial charge in [-0.2, -0.15) is 0 Å². The lowest BCUT2D eigenvalue weighted by Gasteiger charge is -2.36. The standard InChI is InChI=1S/C11H19NO4/c13-11(14)5-10-8-16-4-2-12(10)6-9-1-3-15-7-9/h9-10H,1-8H2,(H,13,14). The molecule has 0 aromatic heterocycles. The second kappa shape index (κ2) is 5.61. The normalized spacial score (nSPS) is 31.8. The molecular weight excluding hydrogens is 210 g/mol. The van der Waals surface area contributed by atoms with Gasteiger partial charge < -0.3 is 14.6 Å². The van der Waals surface area contributed by atoms with Gasteiger partial charge in [-0.15, -0.1) is 0 Å². The molecular formula is C11H19NO4. The number of morpholine rings is 1. The molecule has 0 amide bonds. The molecule has 0 saturated carbocycles. The predicted molar refractivity (Wildman–Crippen MR) is 57.4 cm³/mol. The highest BCUT2D eigenvalue weighted by molar-refractivity contribution is 5.67. The fourth-order valence-corrected chi connectivity index (χ4v) is 2.38. The summed E-state index contributed by atoms with van der Waals surface area (Å²) in [6.45, 7) is 4.70. The first-order valence-electron chi connectivity index (χ1n) is 5.87. The van der Waals surface area contributed by atoms with Crippen molar-refractivity contribution in [2.45, 2.75) is 18.9 Å². The van der Waals surface area contributed by atoms with Gasteiger partial charge in [0.25, 0.3) is 0 Å². The molecule has 2 heterocycles. The van der Waals surface area contributed by atoms with E-state index in [1.165, 1.54) is 0 Å². The Morgan fingerprint density at radius 2 is 2.12 bits per heavy atom. The maximum absolute atomic E-state index is 10.7. The van der Waals surface area contributed by atoms with Gasteiger partial charge in [0.05, 0.1) is 26.2 Å². The zero-order valence-electron chi connectivity index (χ0n) is 9.43. The van der Waals surface area contributed by atoms with Gasteiger partial charge in [0.1, 0.15) is 0 Å². The summed E-state index contributed by atoms with van der Waals surface area (Å²) >= 11 is 0. The van der Waals surface area contributed by atoms with Crippen molar-refractivity contribution in [3.05, 3.63) is 0 Å². The Morgan fingerprint density at radius 1 is 1.31 bits per heavy atom. The zero-order chi connectivity index (χ0) is 11.4. The third-order valence-corrected chi connectivity index (χ3v) is 3.28. The van der Waals surface area contributed by atoms with E-state index in [4.69, 9.17) is 14.6 Å². The number of hydrogen-bond acceptors (Lipinski definition) is 4. The maximum Gasteiger partial charge on any atom is 0.305 e. The van der Waals surface area contributed by atoms with Crippen LogP contribution in [0.15, 0.2) is 0 Å². The van der Waals surface area contributed by atoms with Crippen molar-refractivity contribution in [2.75, 3.05) is 39.5 Å². The smallest absolute Gasteiger partial charge is 0.305 e. The average Bonchev–Trinajstić information content (AvgIpc) is 2.73. The maximum atomic E-state index is 10.7. The number of rotatable bonds is 4. The molecule has 0 bridgehead atoms. The van der Waals surface area contributed by atoms with Gasteiger partial charge in [0.15, 0.2) is 0 Å². The number of hydrogen-bond donors (Lipinski definition) is 1. The quantitative estimate of drug-likeness (QED) is 0.746. The molecule has 16 heavy (non-hydrogen) atoms. The van der Waals surface area contributed by atoms with E-state index in [1.807, 2.05) is 0 Å². The van der Waals surface area contributed by atoms with Crippen LogP contribution in [-0.2, 0) is 14.3 Å². The van der Waals surface area contributed by atoms with E-state index in [1.54, 1.807) is 0 Å². The van der Waals surface area contributed by atoms with Crippen LogP contribution < -0.4 is 0 Å². The predicted octanol–water partition coefficient (Wildman–Crippen LogP) is 0.198. The first-order chi connectivity index (χ1) is 7.75. The Labute approximate surface area is 95.3 Å². The fourth-order valence-electron chi connectivity index (χ4n) is 2.38. The Bertz CT molecular complexity index is 240. The van der Waals surface area contributed by atoms with Crippen LogP contribution in [0.25, 0.3) is 0 Å². The molecule has 5 heteroatoms. The van der Waals surface area contributed by atoms with Gasteiger partial charge in [-0.1, -0.05) is 0 Å². The minimum Gasteiger partial charge on any atom is -0.481 e. The second-order valence-corrected chi connectivity index (χ2v) is 4.55. The number of carboxylic acid groups (broad SMARTS) is 1. The fraction of sp³-hybridized carbons (Fsp3) is 0.909. The monoisotopic (exact) mass is 229 g/mol. The summed E-state index contributed by atoms with van der Waals surface area (Å²) in [4.78, 5) is 13.0. The van der Waals surface area contributed by atoms with E-state index in [0.717, 1.165) is 32.7 Å². The van der Waals surface area contributed by atoms with Crippen molar-refractivity contribution >= 4 is 5.97 Å². The molecule has 1 N–H and O–H groups in total. The molecule has 2 atom stereocenters. The highest BCUT2D eigenvalue weighted by Gasteiger charge is 2.28. The molecule has 2 fully saturated rings. The lowest BCUT2D eigenvalue weighted by molar-refractivity contribution is -0.140. The van der Waals surface area contributed by atoms with Crippen molar-refractivity contribution in [2.24, 2.45) is 5.92 Å². The highest BCUT2D eigenvalue weighted by atomic mass is 16.5. The van der Waals surface area contributed by atoms with Gasteiger partial charge in [-0.3, -0.25) is 9.69 Å². The molecule has 0 aliphatic carbocycles. The van der Waals surface area contributed by atoms with Crippen LogP contribution in [0.3, 0.4) is 0 Å². The van der Waals surface area contributed by atoms with Crippen molar-refractivity contribution in [1.82, 2.24) is 4.90 Å². The number of nitrogens with zero attached hydrogens (tertiary/aromatic N) is 1. The van der Waals surface area contributed by atoms with E-state index in [2.05, 4.69) is 4.90 Å². The summed E-state index contributed by atoms with van der Waals surface area (Å²) in [6, 6.07) is 0.0341. The molecule has 0 aromatic rings. The van der Waals surface area contributed by atoms with Crippen LogP contribution in [-0.4, -0.2) is 61.5 Å². The molecule has 2 aliphatic heterocycles. The molecule has 92 valence electrons. The summed E-state index contributed by atoms with van der Waals surface area (Å²) in [5, 5.41) is 8.84. The van der Waals surface area contributed by atoms with E-state index in [-0.39, 0.29) is 12.5 Å². The Morgan fingerprint density at radius 3 is 2.81 bits per heavy atom. The number of carboxylic acids is 1. The van der Waals surface area contributed by atoms with Gasteiger partial charge in [-0.05, 0) is 12.3 Å². The van der Waals surface area contributed by atoms with Gasteiger partial charge in [0.2, 0.25) is 0 Å². The van der Waals surface area contributed by atoms with E-state index >= 15 is 0 Å². The number of aliphatic carboxylic acids is 1. The van der Waals surface area contributed by atoms with Crippen LogP contribution in [0.5, 0.6) is 0 Å². The third kappa shape index (κ3) is 3.17. The molecule has 0 radical (unpaired) electrons.